The average Bonchev–Trinajstić information content (AvgIpc) is 3.06. The summed E-state index contributed by atoms with van der Waals surface area (Å²) in [6.45, 7) is 5.12. The Bertz CT molecular complexity index is 500. The fourth-order valence-electron chi connectivity index (χ4n) is 2.59. The van der Waals surface area contributed by atoms with Gasteiger partial charge in [0, 0.05) is 25.5 Å². The smallest absolute Gasteiger partial charge is 0.242 e. The highest BCUT2D eigenvalue weighted by Crippen LogP contribution is 2.20. The van der Waals surface area contributed by atoms with Gasteiger partial charge in [0.15, 0.2) is 0 Å². The Hall–Kier alpha value is -1.89. The fourth-order valence-corrected chi connectivity index (χ4v) is 2.59. The lowest BCUT2D eigenvalue weighted by Crippen LogP contribution is -2.49. The van der Waals surface area contributed by atoms with Crippen LogP contribution < -0.4 is 11.1 Å². The number of hydrogen-bond acceptors (Lipinski definition) is 4. The van der Waals surface area contributed by atoms with Gasteiger partial charge >= 0.3 is 0 Å². The number of nitrogens with one attached hydrogen (secondary N) is 1. The monoisotopic (exact) mass is 307 g/mol. The van der Waals surface area contributed by atoms with Crippen molar-refractivity contribution < 1.29 is 9.59 Å². The van der Waals surface area contributed by atoms with Crippen LogP contribution in [0, 0.1) is 5.92 Å². The van der Waals surface area contributed by atoms with Crippen LogP contribution in [0.1, 0.15) is 32.7 Å². The number of nitrogens with zero attached hydrogens (tertiary/aromatic N) is 3. The molecule has 0 bridgehead atoms. The number of aromatic nitrogens is 2. The molecule has 2 rings (SSSR count). The molecule has 1 saturated heterocycles. The summed E-state index contributed by atoms with van der Waals surface area (Å²) in [4.78, 5) is 25.8. The molecule has 1 fully saturated rings. The Morgan fingerprint density at radius 3 is 2.86 bits per heavy atom. The standard InChI is InChI=1S/C15H25N5O2/c1-11(2)14(16)15(22)17-9-13(21)19-7-3-5-12(10-19)20-8-4-6-18-20/h4,6,8,11-12,14H,3,5,7,9-10,16H2,1-2H3,(H,17,22)/t12?,14-/m0/s1. The minimum atomic E-state index is -0.578. The van der Waals surface area contributed by atoms with Crippen molar-refractivity contribution in [2.45, 2.75) is 38.8 Å². The third-order valence-electron chi connectivity index (χ3n) is 4.08. The number of piperidine rings is 1. The summed E-state index contributed by atoms with van der Waals surface area (Å²) in [6, 6.07) is 1.51. The predicted molar refractivity (Wildman–Crippen MR) is 82.9 cm³/mol. The van der Waals surface area contributed by atoms with Gasteiger partial charge in [-0.1, -0.05) is 13.8 Å². The molecule has 7 nitrogen and oxygen atoms in total. The van der Waals surface area contributed by atoms with E-state index in [2.05, 4.69) is 10.4 Å². The van der Waals surface area contributed by atoms with Crippen LogP contribution in [0.4, 0.5) is 0 Å². The van der Waals surface area contributed by atoms with Crippen LogP contribution in [0.3, 0.4) is 0 Å². The molecule has 22 heavy (non-hydrogen) atoms. The van der Waals surface area contributed by atoms with Crippen LogP contribution in [-0.4, -0.2) is 52.2 Å². The largest absolute Gasteiger partial charge is 0.346 e. The van der Waals surface area contributed by atoms with Crippen molar-refractivity contribution in [2.75, 3.05) is 19.6 Å². The second-order valence-corrected chi connectivity index (χ2v) is 6.11. The van der Waals surface area contributed by atoms with E-state index in [9.17, 15) is 9.59 Å². The summed E-state index contributed by atoms with van der Waals surface area (Å²) in [5.74, 6) is -0.292. The molecule has 1 aliphatic heterocycles. The molecule has 122 valence electrons. The molecule has 3 N–H and O–H groups in total. The molecule has 1 aromatic heterocycles. The van der Waals surface area contributed by atoms with Crippen molar-refractivity contribution >= 4 is 11.8 Å². The zero-order chi connectivity index (χ0) is 16.1. The molecular weight excluding hydrogens is 282 g/mol. The van der Waals surface area contributed by atoms with Gasteiger partial charge in [0.25, 0.3) is 0 Å². The minimum absolute atomic E-state index is 0.00504. The highest BCUT2D eigenvalue weighted by molar-refractivity contribution is 5.87. The van der Waals surface area contributed by atoms with Gasteiger partial charge in [0.1, 0.15) is 0 Å². The Morgan fingerprint density at radius 1 is 1.45 bits per heavy atom. The van der Waals surface area contributed by atoms with E-state index in [1.807, 2.05) is 30.8 Å². The van der Waals surface area contributed by atoms with Crippen molar-refractivity contribution in [1.29, 1.82) is 0 Å². The van der Waals surface area contributed by atoms with E-state index in [-0.39, 0.29) is 30.3 Å². The van der Waals surface area contributed by atoms with Gasteiger partial charge < -0.3 is 16.0 Å². The first-order chi connectivity index (χ1) is 10.5. The second kappa shape index (κ2) is 7.40. The molecule has 0 spiro atoms. The molecule has 2 heterocycles. The van der Waals surface area contributed by atoms with Gasteiger partial charge in [-0.25, -0.2) is 0 Å². The molecule has 0 aromatic carbocycles. The summed E-state index contributed by atoms with van der Waals surface area (Å²) >= 11 is 0. The van der Waals surface area contributed by atoms with Crippen molar-refractivity contribution in [3.8, 4) is 0 Å². The molecule has 1 unspecified atom stereocenters. The zero-order valence-electron chi connectivity index (χ0n) is 13.2. The molecule has 2 atom stereocenters. The molecule has 2 amide bonds. The quantitative estimate of drug-likeness (QED) is 0.809. The first kappa shape index (κ1) is 16.5. The zero-order valence-corrected chi connectivity index (χ0v) is 13.2. The number of carbonyl (C=O) groups is 2. The first-order valence-corrected chi connectivity index (χ1v) is 7.79. The van der Waals surface area contributed by atoms with Gasteiger partial charge in [-0.05, 0) is 24.8 Å². The first-order valence-electron chi connectivity index (χ1n) is 7.79. The van der Waals surface area contributed by atoms with Crippen LogP contribution in [0.2, 0.25) is 0 Å². The molecule has 0 saturated carbocycles. The molecule has 0 aliphatic carbocycles. The van der Waals surface area contributed by atoms with Gasteiger partial charge in [-0.2, -0.15) is 5.10 Å². The Labute approximate surface area is 130 Å². The van der Waals surface area contributed by atoms with E-state index >= 15 is 0 Å². The highest BCUT2D eigenvalue weighted by Gasteiger charge is 2.25. The molecule has 1 aliphatic rings. The Balaban J connectivity index is 1.83. The maximum absolute atomic E-state index is 12.3. The maximum atomic E-state index is 12.3. The van der Waals surface area contributed by atoms with E-state index in [1.165, 1.54) is 0 Å². The normalized spacial score (nSPS) is 20.0. The topological polar surface area (TPSA) is 93.2 Å². The predicted octanol–water partition coefficient (Wildman–Crippen LogP) is 0.146. The summed E-state index contributed by atoms with van der Waals surface area (Å²) in [7, 11) is 0. The number of hydrogen-bond donors (Lipinski definition) is 2. The lowest BCUT2D eigenvalue weighted by atomic mass is 10.0. The van der Waals surface area contributed by atoms with Gasteiger partial charge in [-0.3, -0.25) is 14.3 Å². The summed E-state index contributed by atoms with van der Waals surface area (Å²) < 4.78 is 1.90. The number of carbonyl (C=O) groups excluding carboxylic acids is 2. The van der Waals surface area contributed by atoms with Crippen molar-refractivity contribution in [1.82, 2.24) is 20.0 Å². The third-order valence-corrected chi connectivity index (χ3v) is 4.08. The molecular formula is C15H25N5O2. The Kier molecular flexibility index (Phi) is 5.54. The van der Waals surface area contributed by atoms with Crippen molar-refractivity contribution in [2.24, 2.45) is 11.7 Å². The maximum Gasteiger partial charge on any atom is 0.242 e. The Morgan fingerprint density at radius 2 is 2.23 bits per heavy atom. The van der Waals surface area contributed by atoms with Crippen LogP contribution in [-0.2, 0) is 9.59 Å². The number of nitrogens with two attached hydrogens (primary N) is 1. The van der Waals surface area contributed by atoms with Gasteiger partial charge in [0.05, 0.1) is 18.6 Å². The van der Waals surface area contributed by atoms with E-state index in [1.54, 1.807) is 11.1 Å². The molecule has 7 heteroatoms. The summed E-state index contributed by atoms with van der Waals surface area (Å²) in [5, 5.41) is 6.88. The molecule has 1 aromatic rings. The third kappa shape index (κ3) is 4.07. The number of rotatable bonds is 5. The van der Waals surface area contributed by atoms with E-state index < -0.39 is 6.04 Å². The number of amides is 2. The minimum Gasteiger partial charge on any atom is -0.346 e. The SMILES string of the molecule is CC(C)[C@H](N)C(=O)NCC(=O)N1CCCC(n2cccn2)C1. The fraction of sp³-hybridized carbons (Fsp3) is 0.667. The lowest BCUT2D eigenvalue weighted by Gasteiger charge is -2.33. The van der Waals surface area contributed by atoms with E-state index in [0.29, 0.717) is 6.54 Å². The van der Waals surface area contributed by atoms with Crippen molar-refractivity contribution in [3.63, 3.8) is 0 Å². The van der Waals surface area contributed by atoms with Crippen LogP contribution in [0.15, 0.2) is 18.5 Å². The summed E-state index contributed by atoms with van der Waals surface area (Å²) in [5.41, 5.74) is 5.76. The summed E-state index contributed by atoms with van der Waals surface area (Å²) in [6.07, 6.45) is 5.61. The highest BCUT2D eigenvalue weighted by atomic mass is 16.2. The second-order valence-electron chi connectivity index (χ2n) is 6.11. The van der Waals surface area contributed by atoms with E-state index in [0.717, 1.165) is 19.4 Å². The van der Waals surface area contributed by atoms with Crippen LogP contribution in [0.25, 0.3) is 0 Å². The van der Waals surface area contributed by atoms with Crippen LogP contribution >= 0.6 is 0 Å². The number of likely N-dealkylation sites (tertiary alicyclic amines) is 1. The van der Waals surface area contributed by atoms with E-state index in [4.69, 9.17) is 5.73 Å². The van der Waals surface area contributed by atoms with Gasteiger partial charge in [-0.15, -0.1) is 0 Å². The van der Waals surface area contributed by atoms with Crippen LogP contribution in [0.5, 0.6) is 0 Å². The average molecular weight is 307 g/mol. The molecule has 0 radical (unpaired) electrons. The van der Waals surface area contributed by atoms with Crippen molar-refractivity contribution in [3.05, 3.63) is 18.5 Å². The lowest BCUT2D eigenvalue weighted by molar-refractivity contribution is -0.134. The van der Waals surface area contributed by atoms with Gasteiger partial charge in [0.2, 0.25) is 11.8 Å².